The summed E-state index contributed by atoms with van der Waals surface area (Å²) >= 11 is 1.51. The molecular weight excluding hydrogens is 370 g/mol. The zero-order chi connectivity index (χ0) is 19.4. The Bertz CT molecular complexity index is 1270. The molecule has 0 saturated heterocycles. The number of thiophene rings is 1. The number of nitrogens with zero attached hydrogens (tertiary/aromatic N) is 3. The molecule has 0 saturated carbocycles. The van der Waals surface area contributed by atoms with Crippen molar-refractivity contribution >= 4 is 50.0 Å². The molecule has 6 nitrogen and oxygen atoms in total. The predicted octanol–water partition coefficient (Wildman–Crippen LogP) is 4.13. The molecule has 1 aliphatic rings. The number of fused-ring (bicyclic) bond motifs is 5. The summed E-state index contributed by atoms with van der Waals surface area (Å²) in [4.78, 5) is 18.1. The third-order valence-corrected chi connectivity index (χ3v) is 6.12. The highest BCUT2D eigenvalue weighted by Gasteiger charge is 2.24. The molecule has 5 rings (SSSR count). The maximum absolute atomic E-state index is 12.6. The fraction of sp³-hybridized carbons (Fsp3) is 0.190. The first-order valence-corrected chi connectivity index (χ1v) is 9.97. The molecule has 0 spiro atoms. The van der Waals surface area contributed by atoms with Gasteiger partial charge in [-0.1, -0.05) is 6.58 Å². The number of hydrogen-bond acceptors (Lipinski definition) is 5. The van der Waals surface area contributed by atoms with Crippen molar-refractivity contribution in [3.8, 4) is 5.82 Å². The number of amides is 1. The van der Waals surface area contributed by atoms with Crippen LogP contribution in [0.4, 0.5) is 5.69 Å². The molecule has 4 heterocycles. The molecule has 0 unspecified atom stereocenters. The summed E-state index contributed by atoms with van der Waals surface area (Å²) in [5.74, 6) is 0.726. The van der Waals surface area contributed by atoms with Crippen molar-refractivity contribution in [3.63, 3.8) is 0 Å². The molecule has 0 aliphatic carbocycles. The van der Waals surface area contributed by atoms with Crippen LogP contribution in [0.1, 0.15) is 28.0 Å². The molecule has 4 aromatic rings. The minimum Gasteiger partial charge on any atom is -0.381 e. The third kappa shape index (κ3) is 2.51. The van der Waals surface area contributed by atoms with Crippen molar-refractivity contribution in [2.45, 2.75) is 19.9 Å². The molecule has 1 aliphatic heterocycles. The van der Waals surface area contributed by atoms with E-state index in [1.807, 2.05) is 38.1 Å². The van der Waals surface area contributed by atoms with Crippen molar-refractivity contribution in [2.75, 3.05) is 11.9 Å². The molecule has 0 bridgehead atoms. The van der Waals surface area contributed by atoms with Gasteiger partial charge in [-0.25, -0.2) is 9.67 Å². The van der Waals surface area contributed by atoms with Crippen LogP contribution in [0.2, 0.25) is 0 Å². The number of carbonyl (C=O) groups is 1. The summed E-state index contributed by atoms with van der Waals surface area (Å²) in [6.45, 7) is 8.51. The number of hydrogen-bond donors (Lipinski definition) is 2. The molecule has 0 fully saturated rings. The number of aryl methyl sites for hydroxylation is 1. The van der Waals surface area contributed by atoms with Gasteiger partial charge in [0.25, 0.3) is 5.91 Å². The van der Waals surface area contributed by atoms with Gasteiger partial charge in [0.1, 0.15) is 4.88 Å². The van der Waals surface area contributed by atoms with Crippen LogP contribution in [0.5, 0.6) is 0 Å². The number of benzene rings is 1. The summed E-state index contributed by atoms with van der Waals surface area (Å²) in [6, 6.07) is 10.1. The highest BCUT2D eigenvalue weighted by atomic mass is 32.1. The van der Waals surface area contributed by atoms with Gasteiger partial charge in [-0.05, 0) is 50.3 Å². The predicted molar refractivity (Wildman–Crippen MR) is 114 cm³/mol. The summed E-state index contributed by atoms with van der Waals surface area (Å²) in [5.41, 5.74) is 3.60. The minimum absolute atomic E-state index is 0.0194. The summed E-state index contributed by atoms with van der Waals surface area (Å²) in [7, 11) is 0. The average Bonchev–Trinajstić information content (AvgIpc) is 3.22. The van der Waals surface area contributed by atoms with Crippen molar-refractivity contribution in [1.82, 2.24) is 20.1 Å². The topological polar surface area (TPSA) is 71.8 Å². The van der Waals surface area contributed by atoms with E-state index in [-0.39, 0.29) is 11.9 Å². The summed E-state index contributed by atoms with van der Waals surface area (Å²) in [6.07, 6.45) is 1.78. The molecule has 1 amide bonds. The van der Waals surface area contributed by atoms with Crippen molar-refractivity contribution in [1.29, 1.82) is 0 Å². The number of anilines is 1. The van der Waals surface area contributed by atoms with Crippen molar-refractivity contribution in [3.05, 3.63) is 53.2 Å². The lowest BCUT2D eigenvalue weighted by atomic mass is 10.1. The third-order valence-electron chi connectivity index (χ3n) is 4.96. The number of nitrogens with one attached hydrogen (secondary N) is 2. The zero-order valence-electron chi connectivity index (χ0n) is 15.6. The van der Waals surface area contributed by atoms with Gasteiger partial charge in [0.2, 0.25) is 0 Å². The van der Waals surface area contributed by atoms with Gasteiger partial charge in [-0.15, -0.1) is 11.3 Å². The van der Waals surface area contributed by atoms with Crippen LogP contribution in [0.25, 0.3) is 32.9 Å². The maximum Gasteiger partial charge on any atom is 0.263 e. The molecule has 140 valence electrons. The van der Waals surface area contributed by atoms with Crippen molar-refractivity contribution < 1.29 is 4.79 Å². The fourth-order valence-electron chi connectivity index (χ4n) is 3.68. The van der Waals surface area contributed by atoms with Crippen LogP contribution in [-0.4, -0.2) is 33.3 Å². The van der Waals surface area contributed by atoms with E-state index in [0.29, 0.717) is 6.54 Å². The quantitative estimate of drug-likeness (QED) is 0.541. The largest absolute Gasteiger partial charge is 0.381 e. The molecule has 3 aromatic heterocycles. The molecule has 7 heteroatoms. The Morgan fingerprint density at radius 3 is 3.00 bits per heavy atom. The molecule has 28 heavy (non-hydrogen) atoms. The fourth-order valence-corrected chi connectivity index (χ4v) is 4.78. The highest BCUT2D eigenvalue weighted by molar-refractivity contribution is 7.21. The first kappa shape index (κ1) is 16.9. The van der Waals surface area contributed by atoms with E-state index in [4.69, 9.17) is 4.98 Å². The van der Waals surface area contributed by atoms with E-state index >= 15 is 0 Å². The standard InChI is InChI=1S/C21H19N5OS/c1-4-13-9-11(2)25-26(13)17-8-5-14-15(24-17)6-7-16-18(14)19-20(28-16)21(27)23-12(3)10-22-19/h4-9,12,22H,1,10H2,2-3H3,(H,23,27)/t12-/m1/s1. The smallest absolute Gasteiger partial charge is 0.263 e. The monoisotopic (exact) mass is 389 g/mol. The molecule has 1 aromatic carbocycles. The van der Waals surface area contributed by atoms with Crippen LogP contribution in [0.15, 0.2) is 36.9 Å². The van der Waals surface area contributed by atoms with Gasteiger partial charge in [-0.2, -0.15) is 5.10 Å². The van der Waals surface area contributed by atoms with E-state index in [2.05, 4.69) is 28.4 Å². The average molecular weight is 389 g/mol. The van der Waals surface area contributed by atoms with Crippen LogP contribution in [-0.2, 0) is 0 Å². The van der Waals surface area contributed by atoms with Crippen LogP contribution in [0, 0.1) is 6.92 Å². The van der Waals surface area contributed by atoms with Gasteiger partial charge in [0.05, 0.1) is 22.6 Å². The molecular formula is C21H19N5OS. The second-order valence-electron chi connectivity index (χ2n) is 7.06. The van der Waals surface area contributed by atoms with E-state index in [9.17, 15) is 4.79 Å². The van der Waals surface area contributed by atoms with Crippen molar-refractivity contribution in [2.24, 2.45) is 0 Å². The SMILES string of the molecule is C=Cc1cc(C)nn1-c1ccc2c(ccc3sc4c(c32)NC[C@@H](C)NC4=O)n1. The zero-order valence-corrected chi connectivity index (χ0v) is 16.4. The second kappa shape index (κ2) is 6.17. The summed E-state index contributed by atoms with van der Waals surface area (Å²) < 4.78 is 2.87. The minimum atomic E-state index is -0.0194. The maximum atomic E-state index is 12.6. The number of aromatic nitrogens is 3. The Kier molecular flexibility index (Phi) is 3.73. The van der Waals surface area contributed by atoms with Gasteiger partial charge in [-0.3, -0.25) is 4.79 Å². The Labute approximate surface area is 165 Å². The summed E-state index contributed by atoms with van der Waals surface area (Å²) in [5, 5.41) is 13.1. The van der Waals surface area contributed by atoms with Gasteiger partial charge in [0, 0.05) is 28.1 Å². The lowest BCUT2D eigenvalue weighted by molar-refractivity contribution is 0.0949. The van der Waals surface area contributed by atoms with Gasteiger partial charge >= 0.3 is 0 Å². The lowest BCUT2D eigenvalue weighted by Crippen LogP contribution is -2.34. The number of pyridine rings is 1. The van der Waals surface area contributed by atoms with E-state index in [0.717, 1.165) is 48.8 Å². The normalized spacial score (nSPS) is 16.5. The Morgan fingerprint density at radius 2 is 2.18 bits per heavy atom. The number of carbonyl (C=O) groups excluding carboxylic acids is 1. The lowest BCUT2D eigenvalue weighted by Gasteiger charge is -2.10. The molecule has 1 atom stereocenters. The van der Waals surface area contributed by atoms with Crippen LogP contribution in [0.3, 0.4) is 0 Å². The Balaban J connectivity index is 1.73. The second-order valence-corrected chi connectivity index (χ2v) is 8.12. The Morgan fingerprint density at radius 1 is 1.32 bits per heavy atom. The van der Waals surface area contributed by atoms with Gasteiger partial charge in [0.15, 0.2) is 5.82 Å². The molecule has 2 N–H and O–H groups in total. The van der Waals surface area contributed by atoms with E-state index in [1.54, 1.807) is 10.8 Å². The first-order valence-electron chi connectivity index (χ1n) is 9.15. The van der Waals surface area contributed by atoms with Gasteiger partial charge < -0.3 is 10.6 Å². The van der Waals surface area contributed by atoms with E-state index < -0.39 is 0 Å². The first-order chi connectivity index (χ1) is 13.5. The number of rotatable bonds is 2. The highest BCUT2D eigenvalue weighted by Crippen LogP contribution is 2.40. The Hall–Kier alpha value is -3.19. The molecule has 0 radical (unpaired) electrons. The van der Waals surface area contributed by atoms with Crippen LogP contribution >= 0.6 is 11.3 Å². The van der Waals surface area contributed by atoms with E-state index in [1.165, 1.54) is 11.3 Å². The van der Waals surface area contributed by atoms with Crippen LogP contribution < -0.4 is 10.6 Å².